The molecule has 1 aromatic carbocycles. The van der Waals surface area contributed by atoms with E-state index >= 15 is 0 Å². The first-order valence-electron chi connectivity index (χ1n) is 6.05. The van der Waals surface area contributed by atoms with Crippen LogP contribution in [0.4, 0.5) is 0 Å². The Morgan fingerprint density at radius 2 is 1.94 bits per heavy atom. The standard InChI is InChI=1S/C13H19Cl2NO2/c1-3-16(4-2)8-11(17)9-18-13-6-5-10(14)7-12(13)15/h5-7,11,17H,3-4,8-9H2,1-2H3/t11-/m1/s1. The summed E-state index contributed by atoms with van der Waals surface area (Å²) in [5, 5.41) is 10.9. The quantitative estimate of drug-likeness (QED) is 0.838. The third-order valence-corrected chi connectivity index (χ3v) is 3.22. The van der Waals surface area contributed by atoms with Gasteiger partial charge in [-0.15, -0.1) is 0 Å². The van der Waals surface area contributed by atoms with E-state index in [0.29, 0.717) is 22.3 Å². The molecule has 0 saturated carbocycles. The molecule has 0 saturated heterocycles. The van der Waals surface area contributed by atoms with E-state index in [0.717, 1.165) is 13.1 Å². The van der Waals surface area contributed by atoms with Gasteiger partial charge in [0.1, 0.15) is 18.5 Å². The smallest absolute Gasteiger partial charge is 0.138 e. The van der Waals surface area contributed by atoms with E-state index in [1.165, 1.54) is 0 Å². The van der Waals surface area contributed by atoms with E-state index in [1.54, 1.807) is 18.2 Å². The number of hydrogen-bond donors (Lipinski definition) is 1. The first kappa shape index (κ1) is 15.6. The summed E-state index contributed by atoms with van der Waals surface area (Å²) in [5.41, 5.74) is 0. The molecule has 102 valence electrons. The molecule has 5 heteroatoms. The van der Waals surface area contributed by atoms with Crippen molar-refractivity contribution in [3.8, 4) is 5.75 Å². The highest BCUT2D eigenvalue weighted by molar-refractivity contribution is 6.35. The Hall–Kier alpha value is -0.480. The van der Waals surface area contributed by atoms with Crippen molar-refractivity contribution in [1.29, 1.82) is 0 Å². The Kier molecular flexibility index (Phi) is 6.79. The van der Waals surface area contributed by atoms with Gasteiger partial charge in [0.25, 0.3) is 0 Å². The fraction of sp³-hybridized carbons (Fsp3) is 0.538. The average Bonchev–Trinajstić information content (AvgIpc) is 2.35. The zero-order valence-electron chi connectivity index (χ0n) is 10.7. The molecule has 1 aromatic rings. The molecule has 0 aromatic heterocycles. The van der Waals surface area contributed by atoms with Crippen molar-refractivity contribution in [2.75, 3.05) is 26.2 Å². The predicted molar refractivity (Wildman–Crippen MR) is 75.8 cm³/mol. The van der Waals surface area contributed by atoms with Gasteiger partial charge in [-0.3, -0.25) is 0 Å². The van der Waals surface area contributed by atoms with Crippen molar-refractivity contribution in [2.24, 2.45) is 0 Å². The van der Waals surface area contributed by atoms with Crippen LogP contribution in [-0.2, 0) is 0 Å². The van der Waals surface area contributed by atoms with Gasteiger partial charge in [-0.1, -0.05) is 37.0 Å². The van der Waals surface area contributed by atoms with E-state index in [2.05, 4.69) is 18.7 Å². The summed E-state index contributed by atoms with van der Waals surface area (Å²) in [6.45, 7) is 6.76. The fourth-order valence-electron chi connectivity index (χ4n) is 1.61. The van der Waals surface area contributed by atoms with Gasteiger partial charge in [0.15, 0.2) is 0 Å². The van der Waals surface area contributed by atoms with E-state index < -0.39 is 6.10 Å². The third kappa shape index (κ3) is 5.02. The van der Waals surface area contributed by atoms with Crippen LogP contribution in [0.15, 0.2) is 18.2 Å². The zero-order chi connectivity index (χ0) is 13.5. The number of likely N-dealkylation sites (N-methyl/N-ethyl adjacent to an activating group) is 1. The lowest BCUT2D eigenvalue weighted by molar-refractivity contribution is 0.0717. The van der Waals surface area contributed by atoms with Gasteiger partial charge in [0, 0.05) is 11.6 Å². The second-order valence-electron chi connectivity index (χ2n) is 4.03. The second kappa shape index (κ2) is 7.85. The van der Waals surface area contributed by atoms with Crippen LogP contribution >= 0.6 is 23.2 Å². The summed E-state index contributed by atoms with van der Waals surface area (Å²) < 4.78 is 5.48. The summed E-state index contributed by atoms with van der Waals surface area (Å²) in [6, 6.07) is 5.03. The summed E-state index contributed by atoms with van der Waals surface area (Å²) in [7, 11) is 0. The molecule has 0 aliphatic heterocycles. The van der Waals surface area contributed by atoms with Gasteiger partial charge >= 0.3 is 0 Å². The van der Waals surface area contributed by atoms with Gasteiger partial charge in [-0.2, -0.15) is 0 Å². The molecule has 0 fully saturated rings. The highest BCUT2D eigenvalue weighted by atomic mass is 35.5. The topological polar surface area (TPSA) is 32.7 Å². The summed E-state index contributed by atoms with van der Waals surface area (Å²) in [5.74, 6) is 0.541. The molecule has 0 radical (unpaired) electrons. The average molecular weight is 292 g/mol. The molecule has 0 aliphatic carbocycles. The molecular weight excluding hydrogens is 273 g/mol. The van der Waals surface area contributed by atoms with Crippen molar-refractivity contribution in [1.82, 2.24) is 4.90 Å². The molecule has 0 aliphatic rings. The third-order valence-electron chi connectivity index (χ3n) is 2.69. The predicted octanol–water partition coefficient (Wildman–Crippen LogP) is 3.07. The number of aliphatic hydroxyl groups excluding tert-OH is 1. The summed E-state index contributed by atoms with van der Waals surface area (Å²) in [6.07, 6.45) is -0.531. The lowest BCUT2D eigenvalue weighted by Gasteiger charge is -2.22. The van der Waals surface area contributed by atoms with E-state index in [1.807, 2.05) is 0 Å². The molecular formula is C13H19Cl2NO2. The normalized spacial score (nSPS) is 12.8. The number of nitrogens with zero attached hydrogens (tertiary/aromatic N) is 1. The largest absolute Gasteiger partial charge is 0.489 e. The van der Waals surface area contributed by atoms with Crippen molar-refractivity contribution in [3.05, 3.63) is 28.2 Å². The second-order valence-corrected chi connectivity index (χ2v) is 4.87. The van der Waals surface area contributed by atoms with Gasteiger partial charge in [0.05, 0.1) is 5.02 Å². The monoisotopic (exact) mass is 291 g/mol. The molecule has 1 N–H and O–H groups in total. The Labute approximate surface area is 118 Å². The minimum absolute atomic E-state index is 0.220. The van der Waals surface area contributed by atoms with Crippen LogP contribution in [0.2, 0.25) is 10.0 Å². The van der Waals surface area contributed by atoms with Crippen LogP contribution < -0.4 is 4.74 Å². The Morgan fingerprint density at radius 1 is 1.28 bits per heavy atom. The molecule has 3 nitrogen and oxygen atoms in total. The Morgan fingerprint density at radius 3 is 2.50 bits per heavy atom. The van der Waals surface area contributed by atoms with Crippen molar-refractivity contribution >= 4 is 23.2 Å². The highest BCUT2D eigenvalue weighted by Gasteiger charge is 2.11. The first-order chi connectivity index (χ1) is 8.56. The number of benzene rings is 1. The summed E-state index contributed by atoms with van der Waals surface area (Å²) >= 11 is 11.8. The Bertz CT molecular complexity index is 370. The van der Waals surface area contributed by atoms with Gasteiger partial charge in [0.2, 0.25) is 0 Å². The molecule has 0 unspecified atom stereocenters. The molecule has 0 spiro atoms. The zero-order valence-corrected chi connectivity index (χ0v) is 12.2. The van der Waals surface area contributed by atoms with Gasteiger partial charge in [-0.25, -0.2) is 0 Å². The van der Waals surface area contributed by atoms with Crippen LogP contribution in [-0.4, -0.2) is 42.4 Å². The van der Waals surface area contributed by atoms with Gasteiger partial charge < -0.3 is 14.7 Å². The molecule has 1 rings (SSSR count). The number of halogens is 2. The fourth-order valence-corrected chi connectivity index (χ4v) is 2.07. The van der Waals surface area contributed by atoms with Gasteiger partial charge in [-0.05, 0) is 31.3 Å². The minimum Gasteiger partial charge on any atom is -0.489 e. The van der Waals surface area contributed by atoms with Crippen molar-refractivity contribution in [3.63, 3.8) is 0 Å². The maximum Gasteiger partial charge on any atom is 0.138 e. The van der Waals surface area contributed by atoms with Crippen LogP contribution in [0, 0.1) is 0 Å². The highest BCUT2D eigenvalue weighted by Crippen LogP contribution is 2.27. The Balaban J connectivity index is 2.44. The van der Waals surface area contributed by atoms with Crippen LogP contribution in [0.1, 0.15) is 13.8 Å². The first-order valence-corrected chi connectivity index (χ1v) is 6.80. The van der Waals surface area contributed by atoms with Crippen LogP contribution in [0.3, 0.4) is 0 Å². The van der Waals surface area contributed by atoms with E-state index in [9.17, 15) is 5.11 Å². The van der Waals surface area contributed by atoms with E-state index in [-0.39, 0.29) is 6.61 Å². The van der Waals surface area contributed by atoms with Crippen LogP contribution in [0.25, 0.3) is 0 Å². The SMILES string of the molecule is CCN(CC)C[C@@H](O)COc1ccc(Cl)cc1Cl. The minimum atomic E-state index is -0.531. The van der Waals surface area contributed by atoms with Crippen LogP contribution in [0.5, 0.6) is 5.75 Å². The number of hydrogen-bond acceptors (Lipinski definition) is 3. The maximum absolute atomic E-state index is 9.85. The lowest BCUT2D eigenvalue weighted by Crippen LogP contribution is -2.35. The molecule has 0 heterocycles. The molecule has 0 bridgehead atoms. The number of aliphatic hydroxyl groups is 1. The van der Waals surface area contributed by atoms with E-state index in [4.69, 9.17) is 27.9 Å². The molecule has 0 amide bonds. The summed E-state index contributed by atoms with van der Waals surface area (Å²) in [4.78, 5) is 2.14. The number of rotatable bonds is 7. The van der Waals surface area contributed by atoms with Crippen molar-refractivity contribution < 1.29 is 9.84 Å². The maximum atomic E-state index is 9.85. The molecule has 1 atom stereocenters. The molecule has 18 heavy (non-hydrogen) atoms. The van der Waals surface area contributed by atoms with Crippen molar-refractivity contribution in [2.45, 2.75) is 20.0 Å². The lowest BCUT2D eigenvalue weighted by atomic mass is 10.3. The number of ether oxygens (including phenoxy) is 1.